The zero-order chi connectivity index (χ0) is 12.7. The van der Waals surface area contributed by atoms with E-state index in [0.717, 1.165) is 36.5 Å². The van der Waals surface area contributed by atoms with Crippen molar-refractivity contribution in [2.24, 2.45) is 5.73 Å². The van der Waals surface area contributed by atoms with Crippen LogP contribution in [0.3, 0.4) is 0 Å². The van der Waals surface area contributed by atoms with Crippen LogP contribution >= 0.6 is 11.8 Å². The molecule has 1 aromatic rings. The fraction of sp³-hybridized carbons (Fsp3) is 0.769. The van der Waals surface area contributed by atoms with Gasteiger partial charge >= 0.3 is 0 Å². The first kappa shape index (κ1) is 14.6. The minimum atomic E-state index is 0.227. The quantitative estimate of drug-likeness (QED) is 0.777. The molecular formula is C13H25N3S. The van der Waals surface area contributed by atoms with Gasteiger partial charge in [-0.3, -0.25) is 4.68 Å². The van der Waals surface area contributed by atoms with Gasteiger partial charge in [0.1, 0.15) is 0 Å². The van der Waals surface area contributed by atoms with Gasteiger partial charge in [-0.15, -0.1) is 0 Å². The van der Waals surface area contributed by atoms with Gasteiger partial charge in [0.05, 0.1) is 11.7 Å². The van der Waals surface area contributed by atoms with E-state index < -0.39 is 0 Å². The number of hydrogen-bond acceptors (Lipinski definition) is 3. The molecule has 0 spiro atoms. The van der Waals surface area contributed by atoms with Crippen LogP contribution in [0.1, 0.15) is 45.3 Å². The van der Waals surface area contributed by atoms with Crippen molar-refractivity contribution in [1.82, 2.24) is 9.78 Å². The molecule has 98 valence electrons. The summed E-state index contributed by atoms with van der Waals surface area (Å²) in [5.41, 5.74) is 7.20. The van der Waals surface area contributed by atoms with Crippen LogP contribution in [0.5, 0.6) is 0 Å². The van der Waals surface area contributed by atoms with Gasteiger partial charge in [-0.05, 0) is 24.7 Å². The van der Waals surface area contributed by atoms with Crippen molar-refractivity contribution in [3.8, 4) is 0 Å². The molecule has 3 nitrogen and oxygen atoms in total. The molecule has 4 heteroatoms. The van der Waals surface area contributed by atoms with Crippen molar-refractivity contribution < 1.29 is 0 Å². The lowest BCUT2D eigenvalue weighted by atomic mass is 10.2. The average molecular weight is 255 g/mol. The Morgan fingerprint density at radius 2 is 2.06 bits per heavy atom. The third-order valence-electron chi connectivity index (χ3n) is 2.99. The molecule has 0 bridgehead atoms. The summed E-state index contributed by atoms with van der Waals surface area (Å²) in [6, 6.07) is 2.87. The molecule has 1 unspecified atom stereocenters. The Balaban J connectivity index is 2.50. The molecule has 0 amide bonds. The zero-order valence-electron chi connectivity index (χ0n) is 11.2. The molecule has 1 aromatic heterocycles. The molecule has 1 rings (SSSR count). The van der Waals surface area contributed by atoms with Crippen LogP contribution in [0.4, 0.5) is 0 Å². The molecule has 0 radical (unpaired) electrons. The Bertz CT molecular complexity index is 307. The van der Waals surface area contributed by atoms with Gasteiger partial charge in [-0.1, -0.05) is 20.8 Å². The SMILES string of the molecule is CCSCC(N)Cc1ccn(C(CC)CC)n1. The highest BCUT2D eigenvalue weighted by atomic mass is 32.2. The predicted octanol–water partition coefficient (Wildman–Crippen LogP) is 2.87. The second-order valence-electron chi connectivity index (χ2n) is 4.38. The van der Waals surface area contributed by atoms with Gasteiger partial charge in [0.2, 0.25) is 0 Å². The van der Waals surface area contributed by atoms with Gasteiger partial charge in [0.25, 0.3) is 0 Å². The number of nitrogens with two attached hydrogens (primary N) is 1. The highest BCUT2D eigenvalue weighted by molar-refractivity contribution is 7.99. The Morgan fingerprint density at radius 1 is 1.35 bits per heavy atom. The van der Waals surface area contributed by atoms with Gasteiger partial charge in [-0.25, -0.2) is 0 Å². The molecule has 17 heavy (non-hydrogen) atoms. The minimum Gasteiger partial charge on any atom is -0.327 e. The first-order chi connectivity index (χ1) is 8.21. The van der Waals surface area contributed by atoms with Crippen molar-refractivity contribution in [2.75, 3.05) is 11.5 Å². The number of nitrogens with zero attached hydrogens (tertiary/aromatic N) is 2. The fourth-order valence-electron chi connectivity index (χ4n) is 1.95. The summed E-state index contributed by atoms with van der Waals surface area (Å²) in [5.74, 6) is 2.16. The summed E-state index contributed by atoms with van der Waals surface area (Å²) in [4.78, 5) is 0. The highest BCUT2D eigenvalue weighted by Gasteiger charge is 2.10. The van der Waals surface area contributed by atoms with Crippen LogP contribution in [-0.2, 0) is 6.42 Å². The van der Waals surface area contributed by atoms with Crippen LogP contribution in [0.2, 0.25) is 0 Å². The summed E-state index contributed by atoms with van der Waals surface area (Å²) >= 11 is 1.90. The topological polar surface area (TPSA) is 43.8 Å². The van der Waals surface area contributed by atoms with Crippen molar-refractivity contribution >= 4 is 11.8 Å². The van der Waals surface area contributed by atoms with Gasteiger partial charge in [0.15, 0.2) is 0 Å². The molecule has 0 aliphatic carbocycles. The number of rotatable bonds is 8. The van der Waals surface area contributed by atoms with E-state index in [1.54, 1.807) is 0 Å². The lowest BCUT2D eigenvalue weighted by molar-refractivity contribution is 0.424. The van der Waals surface area contributed by atoms with Crippen LogP contribution in [0.25, 0.3) is 0 Å². The minimum absolute atomic E-state index is 0.227. The highest BCUT2D eigenvalue weighted by Crippen LogP contribution is 2.15. The molecule has 1 atom stereocenters. The first-order valence-corrected chi connectivity index (χ1v) is 7.74. The summed E-state index contributed by atoms with van der Waals surface area (Å²) in [5, 5.41) is 4.63. The summed E-state index contributed by atoms with van der Waals surface area (Å²) in [6.45, 7) is 6.58. The van der Waals surface area contributed by atoms with Crippen molar-refractivity contribution in [3.63, 3.8) is 0 Å². The van der Waals surface area contributed by atoms with Crippen LogP contribution < -0.4 is 5.73 Å². The number of hydrogen-bond donors (Lipinski definition) is 1. The van der Waals surface area contributed by atoms with Gasteiger partial charge in [-0.2, -0.15) is 16.9 Å². The second-order valence-corrected chi connectivity index (χ2v) is 5.70. The number of thioether (sulfide) groups is 1. The predicted molar refractivity (Wildman–Crippen MR) is 76.5 cm³/mol. The molecular weight excluding hydrogens is 230 g/mol. The summed E-state index contributed by atoms with van der Waals surface area (Å²) < 4.78 is 2.09. The zero-order valence-corrected chi connectivity index (χ0v) is 12.0. The van der Waals surface area contributed by atoms with E-state index in [2.05, 4.69) is 42.8 Å². The van der Waals surface area contributed by atoms with Crippen LogP contribution in [0.15, 0.2) is 12.3 Å². The fourth-order valence-corrected chi connectivity index (χ4v) is 2.61. The van der Waals surface area contributed by atoms with E-state index in [-0.39, 0.29) is 6.04 Å². The number of aromatic nitrogens is 2. The lowest BCUT2D eigenvalue weighted by Gasteiger charge is -2.13. The van der Waals surface area contributed by atoms with E-state index in [9.17, 15) is 0 Å². The van der Waals surface area contributed by atoms with Crippen molar-refractivity contribution in [1.29, 1.82) is 0 Å². The van der Waals surface area contributed by atoms with Crippen LogP contribution in [0, 0.1) is 0 Å². The molecule has 0 fully saturated rings. The Labute approximate surface area is 109 Å². The summed E-state index contributed by atoms with van der Waals surface area (Å²) in [6.07, 6.45) is 5.25. The third kappa shape index (κ3) is 4.72. The molecule has 0 saturated carbocycles. The molecule has 0 saturated heterocycles. The maximum absolute atomic E-state index is 6.07. The van der Waals surface area contributed by atoms with Crippen LogP contribution in [-0.4, -0.2) is 27.3 Å². The smallest absolute Gasteiger partial charge is 0.0640 e. The molecule has 0 aliphatic heterocycles. The van der Waals surface area contributed by atoms with E-state index in [1.165, 1.54) is 0 Å². The first-order valence-electron chi connectivity index (χ1n) is 6.58. The van der Waals surface area contributed by atoms with Gasteiger partial charge < -0.3 is 5.73 Å². The van der Waals surface area contributed by atoms with Crippen molar-refractivity contribution in [2.45, 2.75) is 52.1 Å². The normalized spacial score (nSPS) is 13.2. The maximum atomic E-state index is 6.07. The third-order valence-corrected chi connectivity index (χ3v) is 4.06. The van der Waals surface area contributed by atoms with E-state index in [0.29, 0.717) is 6.04 Å². The monoisotopic (exact) mass is 255 g/mol. The summed E-state index contributed by atoms with van der Waals surface area (Å²) in [7, 11) is 0. The molecule has 2 N–H and O–H groups in total. The van der Waals surface area contributed by atoms with Crippen molar-refractivity contribution in [3.05, 3.63) is 18.0 Å². The second kappa shape index (κ2) is 7.77. The largest absolute Gasteiger partial charge is 0.327 e. The van der Waals surface area contributed by atoms with E-state index in [1.807, 2.05) is 11.8 Å². The molecule has 0 aromatic carbocycles. The Hall–Kier alpha value is -0.480. The van der Waals surface area contributed by atoms with E-state index in [4.69, 9.17) is 5.73 Å². The Kier molecular flexibility index (Phi) is 6.66. The average Bonchev–Trinajstić information content (AvgIpc) is 2.76. The van der Waals surface area contributed by atoms with Gasteiger partial charge in [0, 0.05) is 24.4 Å². The Morgan fingerprint density at radius 3 is 2.65 bits per heavy atom. The lowest BCUT2D eigenvalue weighted by Crippen LogP contribution is -2.26. The maximum Gasteiger partial charge on any atom is 0.0640 e. The standard InChI is InChI=1S/C13H25N3S/c1-4-13(5-2)16-8-7-12(15-16)9-11(14)10-17-6-3/h7-8,11,13H,4-6,9-10,14H2,1-3H3. The molecule has 1 heterocycles. The van der Waals surface area contributed by atoms with E-state index >= 15 is 0 Å². The molecule has 0 aliphatic rings.